The van der Waals surface area contributed by atoms with Gasteiger partial charge in [0.1, 0.15) is 11.3 Å². The highest BCUT2D eigenvalue weighted by Crippen LogP contribution is 2.26. The van der Waals surface area contributed by atoms with Crippen molar-refractivity contribution in [2.45, 2.75) is 0 Å². The van der Waals surface area contributed by atoms with Crippen molar-refractivity contribution in [3.05, 3.63) is 90.1 Å². The summed E-state index contributed by atoms with van der Waals surface area (Å²) < 4.78 is 11.0. The van der Waals surface area contributed by atoms with Gasteiger partial charge in [-0.05, 0) is 54.6 Å². The number of nitrogens with zero attached hydrogens (tertiary/aromatic N) is 2. The third kappa shape index (κ3) is 3.48. The second-order valence-electron chi connectivity index (χ2n) is 5.86. The summed E-state index contributed by atoms with van der Waals surface area (Å²) in [6, 6.07) is 19.8. The molecule has 5 nitrogen and oxygen atoms in total. The van der Waals surface area contributed by atoms with Crippen LogP contribution in [0.2, 0.25) is 0 Å². The van der Waals surface area contributed by atoms with Gasteiger partial charge in [0.05, 0.1) is 18.4 Å². The van der Waals surface area contributed by atoms with Crippen molar-refractivity contribution in [2.75, 3.05) is 7.11 Å². The van der Waals surface area contributed by atoms with Crippen LogP contribution in [0.1, 0.15) is 21.9 Å². The number of fused-ring (bicyclic) bond motifs is 1. The average molecular weight is 356 g/mol. The van der Waals surface area contributed by atoms with Gasteiger partial charge in [0, 0.05) is 11.8 Å². The van der Waals surface area contributed by atoms with Crippen LogP contribution in [0.15, 0.2) is 77.3 Å². The maximum absolute atomic E-state index is 13.2. The van der Waals surface area contributed by atoms with E-state index in [9.17, 15) is 4.79 Å². The van der Waals surface area contributed by atoms with E-state index in [1.807, 2.05) is 42.5 Å². The Morgan fingerprint density at radius 1 is 1.00 bits per heavy atom. The van der Waals surface area contributed by atoms with E-state index in [1.54, 1.807) is 43.6 Å². The summed E-state index contributed by atoms with van der Waals surface area (Å²) in [5.41, 5.74) is 2.83. The largest absolute Gasteiger partial charge is 0.497 e. The van der Waals surface area contributed by atoms with Gasteiger partial charge in [0.15, 0.2) is 11.4 Å². The number of allylic oxidation sites excluding steroid dienone is 1. The molecule has 0 fully saturated rings. The van der Waals surface area contributed by atoms with Crippen LogP contribution >= 0.6 is 0 Å². The molecule has 0 atom stereocenters. The number of aromatic nitrogens is 2. The lowest BCUT2D eigenvalue weighted by molar-refractivity contribution is 0.105. The van der Waals surface area contributed by atoms with Gasteiger partial charge in [-0.15, -0.1) is 0 Å². The predicted molar refractivity (Wildman–Crippen MR) is 103 cm³/mol. The van der Waals surface area contributed by atoms with Crippen LogP contribution in [-0.2, 0) is 0 Å². The van der Waals surface area contributed by atoms with Gasteiger partial charge in [0.25, 0.3) is 0 Å². The first kappa shape index (κ1) is 16.7. The Balaban J connectivity index is 1.82. The van der Waals surface area contributed by atoms with Crippen molar-refractivity contribution in [1.29, 1.82) is 0 Å². The number of carbonyl (C=O) groups is 1. The van der Waals surface area contributed by atoms with Gasteiger partial charge in [-0.2, -0.15) is 0 Å². The number of hydrogen-bond donors (Lipinski definition) is 0. The maximum Gasteiger partial charge on any atom is 0.231 e. The lowest BCUT2D eigenvalue weighted by Gasteiger charge is -2.05. The first-order valence-electron chi connectivity index (χ1n) is 8.42. The molecule has 2 heterocycles. The number of pyridine rings is 1. The molecule has 0 saturated heterocycles. The van der Waals surface area contributed by atoms with E-state index in [-0.39, 0.29) is 11.7 Å². The van der Waals surface area contributed by atoms with Crippen molar-refractivity contribution in [3.8, 4) is 5.75 Å². The first-order chi connectivity index (χ1) is 13.2. The Morgan fingerprint density at radius 3 is 2.48 bits per heavy atom. The molecule has 4 aromatic rings. The highest BCUT2D eigenvalue weighted by Gasteiger charge is 2.20. The molecule has 0 saturated carbocycles. The first-order valence-corrected chi connectivity index (χ1v) is 8.42. The number of oxazole rings is 1. The molecule has 2 aromatic carbocycles. The lowest BCUT2D eigenvalue weighted by atomic mass is 10.0. The third-order valence-corrected chi connectivity index (χ3v) is 4.10. The highest BCUT2D eigenvalue weighted by molar-refractivity contribution is 6.31. The molecule has 0 aliphatic heterocycles. The van der Waals surface area contributed by atoms with Gasteiger partial charge in [-0.1, -0.05) is 18.2 Å². The second kappa shape index (κ2) is 7.25. The molecule has 27 heavy (non-hydrogen) atoms. The number of para-hydroxylation sites is 2. The highest BCUT2D eigenvalue weighted by atomic mass is 16.5. The Bertz CT molecular complexity index is 1080. The average Bonchev–Trinajstić information content (AvgIpc) is 3.16. The molecule has 5 heteroatoms. The number of hydrogen-bond acceptors (Lipinski definition) is 5. The minimum absolute atomic E-state index is 0.199. The van der Waals surface area contributed by atoms with Gasteiger partial charge < -0.3 is 9.15 Å². The zero-order valence-electron chi connectivity index (χ0n) is 14.6. The molecule has 0 bridgehead atoms. The van der Waals surface area contributed by atoms with Crippen LogP contribution in [0.25, 0.3) is 22.7 Å². The summed E-state index contributed by atoms with van der Waals surface area (Å²) in [5, 5.41) is 0. The molecule has 0 spiro atoms. The Labute approximate surface area is 156 Å². The summed E-state index contributed by atoms with van der Waals surface area (Å²) >= 11 is 0. The Morgan fingerprint density at radius 2 is 1.78 bits per heavy atom. The Hall–Kier alpha value is -3.73. The van der Waals surface area contributed by atoms with Crippen LogP contribution in [0.5, 0.6) is 5.75 Å². The predicted octanol–water partition coefficient (Wildman–Crippen LogP) is 4.65. The SMILES string of the molecule is COc1ccc(C(=O)/C(=C/c2ccccn2)c2nc3ccccc3o2)cc1. The Kier molecular flexibility index (Phi) is 4.49. The van der Waals surface area contributed by atoms with E-state index in [4.69, 9.17) is 9.15 Å². The van der Waals surface area contributed by atoms with Crippen molar-refractivity contribution >= 4 is 28.5 Å². The molecule has 0 aliphatic carbocycles. The van der Waals surface area contributed by atoms with E-state index in [1.165, 1.54) is 0 Å². The van der Waals surface area contributed by atoms with E-state index in [0.717, 1.165) is 0 Å². The van der Waals surface area contributed by atoms with Crippen molar-refractivity contribution in [1.82, 2.24) is 9.97 Å². The minimum Gasteiger partial charge on any atom is -0.497 e. The molecule has 2 aromatic heterocycles. The van der Waals surface area contributed by atoms with E-state index in [0.29, 0.717) is 33.7 Å². The zero-order valence-corrected chi connectivity index (χ0v) is 14.6. The molecule has 0 radical (unpaired) electrons. The molecule has 132 valence electrons. The monoisotopic (exact) mass is 356 g/mol. The number of Topliss-reactive ketones (excluding diaryl/α,β-unsaturated/α-hetero) is 1. The molecule has 0 N–H and O–H groups in total. The second-order valence-corrected chi connectivity index (χ2v) is 5.86. The fraction of sp³-hybridized carbons (Fsp3) is 0.0455. The quantitative estimate of drug-likeness (QED) is 0.384. The minimum atomic E-state index is -0.199. The number of ether oxygens (including phenoxy) is 1. The molecule has 0 aliphatic rings. The van der Waals surface area contributed by atoms with Crippen LogP contribution in [0, 0.1) is 0 Å². The third-order valence-electron chi connectivity index (χ3n) is 4.10. The van der Waals surface area contributed by atoms with Gasteiger partial charge in [0.2, 0.25) is 5.89 Å². The van der Waals surface area contributed by atoms with Crippen molar-refractivity contribution in [3.63, 3.8) is 0 Å². The van der Waals surface area contributed by atoms with E-state index in [2.05, 4.69) is 9.97 Å². The van der Waals surface area contributed by atoms with Crippen molar-refractivity contribution in [2.24, 2.45) is 0 Å². The molecule has 4 rings (SSSR count). The number of methoxy groups -OCH3 is 1. The van der Waals surface area contributed by atoms with Crippen LogP contribution < -0.4 is 4.74 Å². The summed E-state index contributed by atoms with van der Waals surface area (Å²) in [5.74, 6) is 0.751. The zero-order chi connectivity index (χ0) is 18.6. The van der Waals surface area contributed by atoms with Crippen LogP contribution in [-0.4, -0.2) is 22.9 Å². The summed E-state index contributed by atoms with van der Waals surface area (Å²) in [6.07, 6.45) is 3.37. The number of carbonyl (C=O) groups excluding carboxylic acids is 1. The number of benzene rings is 2. The lowest BCUT2D eigenvalue weighted by Crippen LogP contribution is -2.03. The van der Waals surface area contributed by atoms with Gasteiger partial charge in [-0.3, -0.25) is 9.78 Å². The summed E-state index contributed by atoms with van der Waals surface area (Å²) in [4.78, 5) is 22.0. The molecule has 0 unspecified atom stereocenters. The van der Waals surface area contributed by atoms with Crippen LogP contribution in [0.3, 0.4) is 0 Å². The van der Waals surface area contributed by atoms with Gasteiger partial charge >= 0.3 is 0 Å². The summed E-state index contributed by atoms with van der Waals surface area (Å²) in [7, 11) is 1.58. The van der Waals surface area contributed by atoms with Gasteiger partial charge in [-0.25, -0.2) is 4.98 Å². The van der Waals surface area contributed by atoms with E-state index >= 15 is 0 Å². The van der Waals surface area contributed by atoms with Crippen molar-refractivity contribution < 1.29 is 13.9 Å². The smallest absolute Gasteiger partial charge is 0.231 e. The molecule has 0 amide bonds. The topological polar surface area (TPSA) is 65.2 Å². The standard InChI is InChI=1S/C22H16N2O3/c1-26-17-11-9-15(10-12-17)21(25)18(14-16-6-4-5-13-23-16)22-24-19-7-2-3-8-20(19)27-22/h2-14H,1H3/b18-14-. The maximum atomic E-state index is 13.2. The molecular weight excluding hydrogens is 340 g/mol. The fourth-order valence-electron chi connectivity index (χ4n) is 2.72. The number of ketones is 1. The summed E-state index contributed by atoms with van der Waals surface area (Å²) in [6.45, 7) is 0. The molecular formula is C22H16N2O3. The van der Waals surface area contributed by atoms with E-state index < -0.39 is 0 Å². The normalized spacial score (nSPS) is 11.5. The van der Waals surface area contributed by atoms with Crippen LogP contribution in [0.4, 0.5) is 0 Å². The number of rotatable bonds is 5. The fourth-order valence-corrected chi connectivity index (χ4v) is 2.72.